The Kier molecular flexibility index (Phi) is 4.12. The number of H-pyrrole nitrogens is 1. The number of aliphatic imine (C=N–C) groups is 1. The molecule has 1 N–H and O–H groups in total. The number of hydrogen-bond acceptors (Lipinski definition) is 4. The van der Waals surface area contributed by atoms with Gasteiger partial charge in [0.1, 0.15) is 0 Å². The number of aromatic amines is 1. The van der Waals surface area contributed by atoms with Crippen molar-refractivity contribution < 1.29 is 4.74 Å². The van der Waals surface area contributed by atoms with Gasteiger partial charge in [-0.3, -0.25) is 14.6 Å². The van der Waals surface area contributed by atoms with Gasteiger partial charge in [-0.1, -0.05) is 42.1 Å². The molecule has 0 amide bonds. The van der Waals surface area contributed by atoms with Crippen LogP contribution in [0, 0.1) is 0 Å². The Bertz CT molecular complexity index is 867. The molecule has 4 rings (SSSR count). The maximum absolute atomic E-state index is 12.8. The number of ether oxygens (including phenoxy) is 1. The van der Waals surface area contributed by atoms with Gasteiger partial charge in [0.15, 0.2) is 5.82 Å². The topological polar surface area (TPSA) is 59.4 Å². The van der Waals surface area contributed by atoms with Gasteiger partial charge >= 0.3 is 0 Å². The Morgan fingerprint density at radius 2 is 2.08 bits per heavy atom. The predicted molar refractivity (Wildman–Crippen MR) is 102 cm³/mol. The van der Waals surface area contributed by atoms with Gasteiger partial charge in [0.2, 0.25) is 0 Å². The Hall–Kier alpha value is -1.79. The smallest absolute Gasteiger partial charge is 0.271 e. The lowest BCUT2D eigenvalue weighted by molar-refractivity contribution is -0.0705. The summed E-state index contributed by atoms with van der Waals surface area (Å²) in [7, 11) is 0. The lowest BCUT2D eigenvalue weighted by Gasteiger charge is -2.36. The first-order valence-electron chi connectivity index (χ1n) is 8.70. The van der Waals surface area contributed by atoms with Crippen molar-refractivity contribution in [1.29, 1.82) is 0 Å². The van der Waals surface area contributed by atoms with Crippen LogP contribution < -0.4 is 5.56 Å². The van der Waals surface area contributed by atoms with Crippen LogP contribution in [0.5, 0.6) is 0 Å². The van der Waals surface area contributed by atoms with Crippen molar-refractivity contribution in [3.8, 4) is 0 Å². The second kappa shape index (κ2) is 6.18. The fourth-order valence-electron chi connectivity index (χ4n) is 3.76. The zero-order chi connectivity index (χ0) is 17.6. The van der Waals surface area contributed by atoms with Crippen molar-refractivity contribution in [1.82, 2.24) is 9.78 Å². The minimum absolute atomic E-state index is 0.00782. The third-order valence-corrected chi connectivity index (χ3v) is 6.06. The van der Waals surface area contributed by atoms with Gasteiger partial charge in [0, 0.05) is 6.61 Å². The highest BCUT2D eigenvalue weighted by molar-refractivity contribution is 8.14. The Balaban J connectivity index is 1.80. The van der Waals surface area contributed by atoms with E-state index in [1.165, 1.54) is 0 Å². The SMILES string of the molecule is CC1=Nc2c(c(=O)[nH]n2C2CCOC(C)(C)C2)C(c2ccccc2)S1. The summed E-state index contributed by atoms with van der Waals surface area (Å²) < 4.78 is 7.82. The quantitative estimate of drug-likeness (QED) is 0.876. The Morgan fingerprint density at radius 1 is 1.32 bits per heavy atom. The second-order valence-corrected chi connectivity index (χ2v) is 8.64. The van der Waals surface area contributed by atoms with E-state index in [1.807, 2.05) is 29.8 Å². The Labute approximate surface area is 151 Å². The molecule has 0 saturated carbocycles. The fourth-order valence-corrected chi connectivity index (χ4v) is 4.86. The molecule has 25 heavy (non-hydrogen) atoms. The number of aromatic nitrogens is 2. The van der Waals surface area contributed by atoms with Gasteiger partial charge in [0.05, 0.1) is 27.5 Å². The van der Waals surface area contributed by atoms with Crippen LogP contribution in [0.2, 0.25) is 0 Å². The van der Waals surface area contributed by atoms with Crippen molar-refractivity contribution in [3.63, 3.8) is 0 Å². The van der Waals surface area contributed by atoms with Crippen molar-refractivity contribution in [2.75, 3.05) is 6.61 Å². The minimum Gasteiger partial charge on any atom is -0.375 e. The molecule has 1 aromatic heterocycles. The van der Waals surface area contributed by atoms with Crippen molar-refractivity contribution >= 4 is 22.6 Å². The van der Waals surface area contributed by atoms with Crippen LogP contribution in [0.25, 0.3) is 0 Å². The monoisotopic (exact) mass is 357 g/mol. The molecule has 1 aromatic carbocycles. The lowest BCUT2D eigenvalue weighted by Crippen LogP contribution is -2.35. The highest BCUT2D eigenvalue weighted by Crippen LogP contribution is 2.45. The van der Waals surface area contributed by atoms with Gasteiger partial charge in [-0.05, 0) is 39.2 Å². The van der Waals surface area contributed by atoms with Crippen LogP contribution in [0.1, 0.15) is 56.0 Å². The zero-order valence-corrected chi connectivity index (χ0v) is 15.6. The maximum Gasteiger partial charge on any atom is 0.271 e. The molecule has 3 heterocycles. The summed E-state index contributed by atoms with van der Waals surface area (Å²) in [5.41, 5.74) is 1.69. The molecule has 0 aliphatic carbocycles. The molecule has 2 aromatic rings. The zero-order valence-electron chi connectivity index (χ0n) is 14.8. The van der Waals surface area contributed by atoms with Gasteiger partial charge in [-0.2, -0.15) is 0 Å². The van der Waals surface area contributed by atoms with Crippen molar-refractivity contribution in [2.24, 2.45) is 4.99 Å². The first kappa shape index (κ1) is 16.7. The number of nitrogens with one attached hydrogen (secondary N) is 1. The molecule has 2 unspecified atom stereocenters. The maximum atomic E-state index is 12.8. The molecule has 0 bridgehead atoms. The minimum atomic E-state index is -0.183. The van der Waals surface area contributed by atoms with Gasteiger partial charge in [-0.25, -0.2) is 4.99 Å². The van der Waals surface area contributed by atoms with E-state index >= 15 is 0 Å². The summed E-state index contributed by atoms with van der Waals surface area (Å²) >= 11 is 1.65. The van der Waals surface area contributed by atoms with Crippen LogP contribution in [-0.2, 0) is 4.74 Å². The van der Waals surface area contributed by atoms with Crippen LogP contribution in [0.3, 0.4) is 0 Å². The highest BCUT2D eigenvalue weighted by Gasteiger charge is 2.35. The molecule has 1 saturated heterocycles. The average Bonchev–Trinajstić information content (AvgIpc) is 2.91. The van der Waals surface area contributed by atoms with E-state index < -0.39 is 0 Å². The summed E-state index contributed by atoms with van der Waals surface area (Å²) in [4.78, 5) is 17.5. The molecule has 2 aliphatic rings. The van der Waals surface area contributed by atoms with Gasteiger partial charge in [-0.15, -0.1) is 0 Å². The molecule has 2 aliphatic heterocycles. The van der Waals surface area contributed by atoms with Crippen molar-refractivity contribution in [2.45, 2.75) is 50.5 Å². The Morgan fingerprint density at radius 3 is 2.80 bits per heavy atom. The second-order valence-electron chi connectivity index (χ2n) is 7.34. The molecule has 6 heteroatoms. The van der Waals surface area contributed by atoms with E-state index in [-0.39, 0.29) is 22.5 Å². The fraction of sp³-hybridized carbons (Fsp3) is 0.474. The summed E-state index contributed by atoms with van der Waals surface area (Å²) in [6.45, 7) is 6.92. The molecule has 0 radical (unpaired) electrons. The average molecular weight is 357 g/mol. The molecule has 1 fully saturated rings. The van der Waals surface area contributed by atoms with E-state index in [0.717, 1.165) is 34.8 Å². The number of benzene rings is 1. The van der Waals surface area contributed by atoms with Crippen LogP contribution in [0.4, 0.5) is 5.82 Å². The van der Waals surface area contributed by atoms with Gasteiger partial charge in [0.25, 0.3) is 5.56 Å². The van der Waals surface area contributed by atoms with Crippen LogP contribution in [0.15, 0.2) is 40.1 Å². The summed E-state index contributed by atoms with van der Waals surface area (Å²) in [6.07, 6.45) is 1.75. The highest BCUT2D eigenvalue weighted by atomic mass is 32.2. The molecule has 2 atom stereocenters. The molecule has 132 valence electrons. The molecule has 0 spiro atoms. The third-order valence-electron chi connectivity index (χ3n) is 4.89. The van der Waals surface area contributed by atoms with E-state index in [1.54, 1.807) is 11.8 Å². The number of hydrogen-bond donors (Lipinski definition) is 1. The van der Waals surface area contributed by atoms with Crippen molar-refractivity contribution in [3.05, 3.63) is 51.8 Å². The summed E-state index contributed by atoms with van der Waals surface area (Å²) in [6, 6.07) is 10.4. The van der Waals surface area contributed by atoms with E-state index in [2.05, 4.69) is 31.1 Å². The number of rotatable bonds is 2. The lowest BCUT2D eigenvalue weighted by atomic mass is 9.94. The number of nitrogens with zero attached hydrogens (tertiary/aromatic N) is 2. The van der Waals surface area contributed by atoms with E-state index in [0.29, 0.717) is 6.61 Å². The van der Waals surface area contributed by atoms with Gasteiger partial charge < -0.3 is 4.74 Å². The standard InChI is InChI=1S/C19H23N3O2S/c1-12-20-17-15(16(25-12)13-7-5-4-6-8-13)18(23)21-22(17)14-9-10-24-19(2,3)11-14/h4-8,14,16H,9-11H2,1-3H3,(H,21,23). The van der Waals surface area contributed by atoms with E-state index in [4.69, 9.17) is 9.73 Å². The number of fused-ring (bicyclic) bond motifs is 1. The third kappa shape index (κ3) is 3.09. The summed E-state index contributed by atoms with van der Waals surface area (Å²) in [5, 5.41) is 4.05. The normalized spacial score (nSPS) is 25.3. The molecular weight excluding hydrogens is 334 g/mol. The summed E-state index contributed by atoms with van der Waals surface area (Å²) in [5.74, 6) is 0.790. The predicted octanol–water partition coefficient (Wildman–Crippen LogP) is 4.19. The first-order chi connectivity index (χ1) is 11.9. The molecular formula is C19H23N3O2S. The molecule has 5 nitrogen and oxygen atoms in total. The van der Waals surface area contributed by atoms with Crippen LogP contribution in [-0.4, -0.2) is 27.0 Å². The largest absolute Gasteiger partial charge is 0.375 e. The first-order valence-corrected chi connectivity index (χ1v) is 9.58. The number of thioether (sulfide) groups is 1. The van der Waals surface area contributed by atoms with E-state index in [9.17, 15) is 4.79 Å². The van der Waals surface area contributed by atoms with Crippen LogP contribution >= 0.6 is 11.8 Å².